The van der Waals surface area contributed by atoms with E-state index < -0.39 is 29.4 Å². The number of carboxylic acid groups (broad SMARTS) is 1. The zero-order valence-corrected chi connectivity index (χ0v) is 17.7. The second-order valence-electron chi connectivity index (χ2n) is 7.65. The van der Waals surface area contributed by atoms with Gasteiger partial charge in [0.2, 0.25) is 5.82 Å². The van der Waals surface area contributed by atoms with E-state index in [0.717, 1.165) is 12.1 Å². The number of aromatic carboxylic acids is 1. The Kier molecular flexibility index (Phi) is 6.81. The molecule has 0 aliphatic heterocycles. The molecule has 0 saturated carbocycles. The van der Waals surface area contributed by atoms with Crippen molar-refractivity contribution >= 4 is 5.97 Å². The molecule has 3 rings (SSSR count). The van der Waals surface area contributed by atoms with Crippen LogP contribution in [-0.4, -0.2) is 26.2 Å². The number of ether oxygens (including phenoxy) is 1. The lowest BCUT2D eigenvalue weighted by molar-refractivity contribution is -0.0292. The summed E-state index contributed by atoms with van der Waals surface area (Å²) in [4.78, 5) is 19.0. The van der Waals surface area contributed by atoms with Crippen molar-refractivity contribution in [2.24, 2.45) is 5.92 Å². The van der Waals surface area contributed by atoms with Crippen LogP contribution in [0.25, 0.3) is 11.4 Å². The molecule has 2 heterocycles. The van der Waals surface area contributed by atoms with Gasteiger partial charge in [-0.15, -0.1) is 0 Å². The summed E-state index contributed by atoms with van der Waals surface area (Å²) in [6.07, 6.45) is 0.627. The Morgan fingerprint density at radius 2 is 2.00 bits per heavy atom. The van der Waals surface area contributed by atoms with Gasteiger partial charge in [-0.05, 0) is 42.7 Å². The van der Waals surface area contributed by atoms with E-state index in [2.05, 4.69) is 15.1 Å². The summed E-state index contributed by atoms with van der Waals surface area (Å²) in [5.74, 6) is -5.14. The molecule has 3 aromatic rings. The molecule has 2 aromatic heterocycles. The highest BCUT2D eigenvalue weighted by molar-refractivity contribution is 5.88. The Labute approximate surface area is 182 Å². The fourth-order valence-corrected chi connectivity index (χ4v) is 3.07. The van der Waals surface area contributed by atoms with Gasteiger partial charge >= 0.3 is 5.97 Å². The van der Waals surface area contributed by atoms with Crippen LogP contribution >= 0.6 is 0 Å². The molecule has 0 radical (unpaired) electrons. The van der Waals surface area contributed by atoms with Crippen LogP contribution in [0.5, 0.6) is 5.75 Å². The molecule has 7 nitrogen and oxygen atoms in total. The summed E-state index contributed by atoms with van der Waals surface area (Å²) in [6, 6.07) is 6.09. The van der Waals surface area contributed by atoms with E-state index >= 15 is 0 Å². The van der Waals surface area contributed by atoms with Gasteiger partial charge in [-0.1, -0.05) is 25.9 Å². The molecular weight excluding hydrogens is 427 g/mol. The molecule has 0 aliphatic rings. The van der Waals surface area contributed by atoms with E-state index in [9.17, 15) is 18.0 Å². The summed E-state index contributed by atoms with van der Waals surface area (Å²) in [7, 11) is 0. The molecule has 0 saturated heterocycles. The summed E-state index contributed by atoms with van der Waals surface area (Å²) in [5.41, 5.74) is -0.573. The van der Waals surface area contributed by atoms with Gasteiger partial charge < -0.3 is 14.4 Å². The fraction of sp³-hybridized carbons (Fsp3) is 0.364. The maximum atomic E-state index is 14.2. The van der Waals surface area contributed by atoms with Crippen molar-refractivity contribution < 1.29 is 32.3 Å². The largest absolute Gasteiger partial charge is 0.479 e. The number of nitrogens with zero attached hydrogens (tertiary/aromatic N) is 3. The number of pyridine rings is 1. The molecule has 1 N–H and O–H groups in total. The molecule has 32 heavy (non-hydrogen) atoms. The molecule has 0 bridgehead atoms. The van der Waals surface area contributed by atoms with Crippen molar-refractivity contribution in [1.82, 2.24) is 15.1 Å². The van der Waals surface area contributed by atoms with Gasteiger partial charge in [0, 0.05) is 12.0 Å². The van der Waals surface area contributed by atoms with Crippen LogP contribution in [0.3, 0.4) is 0 Å². The molecule has 1 aromatic carbocycles. The van der Waals surface area contributed by atoms with Gasteiger partial charge in [0.15, 0.2) is 6.10 Å². The van der Waals surface area contributed by atoms with Gasteiger partial charge in [-0.3, -0.25) is 4.98 Å². The average Bonchev–Trinajstić information content (AvgIpc) is 3.21. The van der Waals surface area contributed by atoms with Crippen LogP contribution in [0.4, 0.5) is 13.2 Å². The Balaban J connectivity index is 1.75. The Bertz CT molecular complexity index is 1080. The minimum absolute atomic E-state index is 0.0553. The van der Waals surface area contributed by atoms with E-state index in [1.54, 1.807) is 20.8 Å². The third-order valence-electron chi connectivity index (χ3n) is 4.60. The average molecular weight is 449 g/mol. The third kappa shape index (κ3) is 5.24. The monoisotopic (exact) mass is 449 g/mol. The smallest absolute Gasteiger partial charge is 0.338 e. The van der Waals surface area contributed by atoms with Crippen molar-refractivity contribution in [3.63, 3.8) is 0 Å². The summed E-state index contributed by atoms with van der Waals surface area (Å²) >= 11 is 0. The maximum absolute atomic E-state index is 14.2. The van der Waals surface area contributed by atoms with Gasteiger partial charge in [0.25, 0.3) is 11.8 Å². The number of alkyl halides is 2. The summed E-state index contributed by atoms with van der Waals surface area (Å²) < 4.78 is 53.3. The second-order valence-corrected chi connectivity index (χ2v) is 7.65. The van der Waals surface area contributed by atoms with Gasteiger partial charge in [-0.2, -0.15) is 13.8 Å². The molecule has 170 valence electrons. The number of halogens is 3. The first-order chi connectivity index (χ1) is 15.1. The highest BCUT2D eigenvalue weighted by Gasteiger charge is 2.34. The van der Waals surface area contributed by atoms with E-state index in [4.69, 9.17) is 14.4 Å². The quantitative estimate of drug-likeness (QED) is 0.452. The van der Waals surface area contributed by atoms with Gasteiger partial charge in [0.1, 0.15) is 17.3 Å². The molecule has 0 amide bonds. The predicted octanol–water partition coefficient (Wildman–Crippen LogP) is 5.64. The Morgan fingerprint density at radius 3 is 2.56 bits per heavy atom. The number of aromatic nitrogens is 3. The summed E-state index contributed by atoms with van der Waals surface area (Å²) in [6.45, 7) is 5.23. The molecular formula is C22H22F3N3O4. The zero-order chi connectivity index (χ0) is 23.5. The lowest BCUT2D eigenvalue weighted by atomic mass is 10.0. The first-order valence-electron chi connectivity index (χ1n) is 9.98. The van der Waals surface area contributed by atoms with Gasteiger partial charge in [-0.25, -0.2) is 9.18 Å². The van der Waals surface area contributed by atoms with Crippen LogP contribution in [0.2, 0.25) is 0 Å². The van der Waals surface area contributed by atoms with Crippen LogP contribution < -0.4 is 4.74 Å². The predicted molar refractivity (Wildman–Crippen MR) is 108 cm³/mol. The van der Waals surface area contributed by atoms with E-state index in [0.29, 0.717) is 6.42 Å². The topological polar surface area (TPSA) is 98.3 Å². The Hall–Kier alpha value is -3.43. The van der Waals surface area contributed by atoms with Crippen LogP contribution in [0.1, 0.15) is 61.7 Å². The van der Waals surface area contributed by atoms with Crippen molar-refractivity contribution in [3.05, 3.63) is 59.5 Å². The molecule has 10 heteroatoms. The number of carboxylic acids is 1. The lowest BCUT2D eigenvalue weighted by Gasteiger charge is -2.18. The van der Waals surface area contributed by atoms with E-state index in [-0.39, 0.29) is 41.1 Å². The van der Waals surface area contributed by atoms with Crippen molar-refractivity contribution in [2.75, 3.05) is 0 Å². The molecule has 0 aliphatic carbocycles. The van der Waals surface area contributed by atoms with Crippen molar-refractivity contribution in [2.45, 2.75) is 45.6 Å². The first kappa shape index (κ1) is 23.2. The van der Waals surface area contributed by atoms with Crippen molar-refractivity contribution in [1.29, 1.82) is 0 Å². The molecule has 1 atom stereocenters. The number of carbonyl (C=O) groups is 1. The minimum Gasteiger partial charge on any atom is -0.479 e. The first-order valence-corrected chi connectivity index (χ1v) is 9.98. The van der Waals surface area contributed by atoms with Crippen molar-refractivity contribution in [3.8, 4) is 17.1 Å². The van der Waals surface area contributed by atoms with Crippen LogP contribution in [-0.2, 0) is 5.92 Å². The maximum Gasteiger partial charge on any atom is 0.338 e. The number of rotatable bonds is 9. The fourth-order valence-electron chi connectivity index (χ4n) is 3.07. The Morgan fingerprint density at radius 1 is 1.25 bits per heavy atom. The minimum atomic E-state index is -3.04. The van der Waals surface area contributed by atoms with Crippen LogP contribution in [0.15, 0.2) is 41.1 Å². The van der Waals surface area contributed by atoms with Crippen LogP contribution in [0, 0.1) is 11.7 Å². The number of benzene rings is 1. The van der Waals surface area contributed by atoms with E-state index in [1.807, 2.05) is 0 Å². The number of hydrogen-bond donors (Lipinski definition) is 1. The molecule has 0 unspecified atom stereocenters. The third-order valence-corrected chi connectivity index (χ3v) is 4.60. The molecule has 0 fully saturated rings. The summed E-state index contributed by atoms with van der Waals surface area (Å²) in [5, 5.41) is 12.7. The lowest BCUT2D eigenvalue weighted by Crippen LogP contribution is -2.18. The second kappa shape index (κ2) is 9.37. The van der Waals surface area contributed by atoms with E-state index in [1.165, 1.54) is 24.4 Å². The highest BCUT2D eigenvalue weighted by Crippen LogP contribution is 2.34. The standard InChI is InChI=1S/C22H22F3N3O4/c1-4-17(31-14-6-8-18(26-11-14)22(24,25)10-12(2)3)20-27-19(28-32-20)13-5-7-15(21(29)30)16(23)9-13/h5-9,11-12,17H,4,10H2,1-3H3,(H,29,30)/t17-/m1/s1. The number of hydrogen-bond acceptors (Lipinski definition) is 6. The SMILES string of the molecule is CC[C@@H](Oc1ccc(C(F)(F)CC(C)C)nc1)c1nc(-c2ccc(C(=O)O)c(F)c2)no1. The highest BCUT2D eigenvalue weighted by atomic mass is 19.3. The normalized spacial score (nSPS) is 12.7. The molecule has 0 spiro atoms. The zero-order valence-electron chi connectivity index (χ0n) is 17.7. The van der Waals surface area contributed by atoms with Gasteiger partial charge in [0.05, 0.1) is 11.8 Å².